The molecule has 0 bridgehead atoms. The van der Waals surface area contributed by atoms with Crippen LogP contribution in [0.4, 0.5) is 4.79 Å². The van der Waals surface area contributed by atoms with Crippen molar-refractivity contribution in [2.75, 3.05) is 6.54 Å². The van der Waals surface area contributed by atoms with Crippen LogP contribution in [0.2, 0.25) is 0 Å². The summed E-state index contributed by atoms with van der Waals surface area (Å²) < 4.78 is 0. The minimum atomic E-state index is -1.28. The van der Waals surface area contributed by atoms with Gasteiger partial charge in [-0.1, -0.05) is 26.7 Å². The van der Waals surface area contributed by atoms with Crippen LogP contribution in [-0.4, -0.2) is 40.9 Å². The first-order chi connectivity index (χ1) is 9.76. The summed E-state index contributed by atoms with van der Waals surface area (Å²) in [5.74, 6) is -0.671. The summed E-state index contributed by atoms with van der Waals surface area (Å²) >= 11 is 0. The molecule has 0 radical (unpaired) electrons. The van der Waals surface area contributed by atoms with Crippen molar-refractivity contribution in [1.82, 2.24) is 10.6 Å². The molecule has 0 heterocycles. The van der Waals surface area contributed by atoms with Gasteiger partial charge in [0.1, 0.15) is 0 Å². The second kappa shape index (κ2) is 7.64. The van der Waals surface area contributed by atoms with Gasteiger partial charge in [0.2, 0.25) is 0 Å². The zero-order valence-electron chi connectivity index (χ0n) is 13.2. The van der Waals surface area contributed by atoms with E-state index in [1.165, 1.54) is 19.8 Å². The lowest BCUT2D eigenvalue weighted by Crippen LogP contribution is -2.52. The van der Waals surface area contributed by atoms with E-state index < -0.39 is 24.1 Å². The SMILES string of the molecule is CC(C)CC1(CNC(=O)NC(C(=O)O)C(C)O)CCCC1. The number of aliphatic carboxylic acids is 1. The number of carboxylic acids is 1. The molecule has 2 unspecified atom stereocenters. The first-order valence-corrected chi connectivity index (χ1v) is 7.71. The molecule has 1 aliphatic rings. The van der Waals surface area contributed by atoms with Gasteiger partial charge in [-0.25, -0.2) is 9.59 Å². The number of carboxylic acid groups (broad SMARTS) is 1. The monoisotopic (exact) mass is 300 g/mol. The Morgan fingerprint density at radius 3 is 2.19 bits per heavy atom. The van der Waals surface area contributed by atoms with E-state index in [9.17, 15) is 14.7 Å². The predicted molar refractivity (Wildman–Crippen MR) is 80.0 cm³/mol. The van der Waals surface area contributed by atoms with Crippen LogP contribution in [0.1, 0.15) is 52.9 Å². The van der Waals surface area contributed by atoms with E-state index in [-0.39, 0.29) is 5.41 Å². The first kappa shape index (κ1) is 17.8. The van der Waals surface area contributed by atoms with Gasteiger partial charge < -0.3 is 20.8 Å². The predicted octanol–water partition coefficient (Wildman–Crippen LogP) is 1.73. The Morgan fingerprint density at radius 2 is 1.76 bits per heavy atom. The molecule has 1 rings (SSSR count). The second-order valence-electron chi connectivity index (χ2n) is 6.69. The van der Waals surface area contributed by atoms with Crippen LogP contribution in [0.5, 0.6) is 0 Å². The molecular weight excluding hydrogens is 272 g/mol. The third kappa shape index (κ3) is 5.53. The minimum Gasteiger partial charge on any atom is -0.480 e. The van der Waals surface area contributed by atoms with Crippen molar-refractivity contribution in [3.8, 4) is 0 Å². The molecule has 0 saturated heterocycles. The molecular formula is C15H28N2O4. The van der Waals surface area contributed by atoms with Crippen molar-refractivity contribution >= 4 is 12.0 Å². The molecule has 1 saturated carbocycles. The number of hydrogen-bond donors (Lipinski definition) is 4. The van der Waals surface area contributed by atoms with E-state index in [1.807, 2.05) is 0 Å². The largest absolute Gasteiger partial charge is 0.480 e. The molecule has 21 heavy (non-hydrogen) atoms. The zero-order valence-corrected chi connectivity index (χ0v) is 13.2. The second-order valence-corrected chi connectivity index (χ2v) is 6.69. The molecule has 4 N–H and O–H groups in total. The number of rotatable bonds is 7. The Bertz CT molecular complexity index is 363. The molecule has 0 aromatic carbocycles. The van der Waals surface area contributed by atoms with Crippen molar-refractivity contribution in [3.05, 3.63) is 0 Å². The van der Waals surface area contributed by atoms with Crippen LogP contribution in [0.15, 0.2) is 0 Å². The lowest BCUT2D eigenvalue weighted by Gasteiger charge is -2.31. The molecule has 1 aliphatic carbocycles. The average molecular weight is 300 g/mol. The van der Waals surface area contributed by atoms with Gasteiger partial charge in [-0.05, 0) is 37.5 Å². The zero-order chi connectivity index (χ0) is 16.0. The molecule has 0 aromatic rings. The Balaban J connectivity index is 2.52. The Hall–Kier alpha value is -1.30. The van der Waals surface area contributed by atoms with Crippen molar-refractivity contribution in [3.63, 3.8) is 0 Å². The van der Waals surface area contributed by atoms with E-state index in [2.05, 4.69) is 24.5 Å². The van der Waals surface area contributed by atoms with Gasteiger partial charge in [-0.15, -0.1) is 0 Å². The fourth-order valence-corrected chi connectivity index (χ4v) is 3.29. The van der Waals surface area contributed by atoms with E-state index in [4.69, 9.17) is 5.11 Å². The molecule has 0 spiro atoms. The third-order valence-electron chi connectivity index (χ3n) is 4.16. The highest BCUT2D eigenvalue weighted by molar-refractivity contribution is 5.82. The van der Waals surface area contributed by atoms with Crippen molar-refractivity contribution < 1.29 is 19.8 Å². The number of carbonyl (C=O) groups excluding carboxylic acids is 1. The molecule has 0 aromatic heterocycles. The smallest absolute Gasteiger partial charge is 0.328 e. The van der Waals surface area contributed by atoms with Gasteiger partial charge in [0, 0.05) is 6.54 Å². The summed E-state index contributed by atoms with van der Waals surface area (Å²) in [6, 6.07) is -1.81. The highest BCUT2D eigenvalue weighted by Gasteiger charge is 2.35. The summed E-state index contributed by atoms with van der Waals surface area (Å²) in [7, 11) is 0. The Morgan fingerprint density at radius 1 is 1.19 bits per heavy atom. The third-order valence-corrected chi connectivity index (χ3v) is 4.16. The number of urea groups is 1. The van der Waals surface area contributed by atoms with Crippen LogP contribution >= 0.6 is 0 Å². The number of aliphatic hydroxyl groups is 1. The summed E-state index contributed by atoms with van der Waals surface area (Å²) in [4.78, 5) is 22.8. The van der Waals surface area contributed by atoms with Crippen LogP contribution in [0.3, 0.4) is 0 Å². The normalized spacial score (nSPS) is 20.0. The van der Waals surface area contributed by atoms with Gasteiger partial charge >= 0.3 is 12.0 Å². The maximum Gasteiger partial charge on any atom is 0.328 e. The number of carbonyl (C=O) groups is 2. The highest BCUT2D eigenvalue weighted by Crippen LogP contribution is 2.42. The molecule has 6 heteroatoms. The van der Waals surface area contributed by atoms with Gasteiger partial charge in [0.25, 0.3) is 0 Å². The van der Waals surface area contributed by atoms with E-state index in [0.29, 0.717) is 12.5 Å². The van der Waals surface area contributed by atoms with Gasteiger partial charge in [-0.2, -0.15) is 0 Å². The fraction of sp³-hybridized carbons (Fsp3) is 0.867. The summed E-state index contributed by atoms with van der Waals surface area (Å²) in [5, 5.41) is 23.4. The minimum absolute atomic E-state index is 0.134. The fourth-order valence-electron chi connectivity index (χ4n) is 3.29. The molecule has 1 fully saturated rings. The van der Waals surface area contributed by atoms with Crippen LogP contribution in [0.25, 0.3) is 0 Å². The molecule has 2 atom stereocenters. The number of amides is 2. The van der Waals surface area contributed by atoms with Gasteiger partial charge in [0.05, 0.1) is 6.10 Å². The van der Waals surface area contributed by atoms with E-state index in [0.717, 1.165) is 19.3 Å². The van der Waals surface area contributed by atoms with Crippen molar-refractivity contribution in [1.29, 1.82) is 0 Å². The van der Waals surface area contributed by atoms with Crippen LogP contribution in [-0.2, 0) is 4.79 Å². The number of nitrogens with one attached hydrogen (secondary N) is 2. The highest BCUT2D eigenvalue weighted by atomic mass is 16.4. The average Bonchev–Trinajstić information content (AvgIpc) is 2.80. The van der Waals surface area contributed by atoms with E-state index >= 15 is 0 Å². The van der Waals surface area contributed by atoms with Gasteiger partial charge in [-0.3, -0.25) is 0 Å². The van der Waals surface area contributed by atoms with Crippen molar-refractivity contribution in [2.24, 2.45) is 11.3 Å². The van der Waals surface area contributed by atoms with E-state index in [1.54, 1.807) is 0 Å². The maximum atomic E-state index is 11.9. The van der Waals surface area contributed by atoms with Crippen molar-refractivity contribution in [2.45, 2.75) is 65.0 Å². The molecule has 122 valence electrons. The van der Waals surface area contributed by atoms with Crippen LogP contribution in [0, 0.1) is 11.3 Å². The lowest BCUT2D eigenvalue weighted by molar-refractivity contribution is -0.141. The molecule has 6 nitrogen and oxygen atoms in total. The molecule has 0 aliphatic heterocycles. The number of aliphatic hydroxyl groups excluding tert-OH is 1. The summed E-state index contributed by atoms with van der Waals surface area (Å²) in [6.45, 7) is 6.25. The Kier molecular flexibility index (Phi) is 6.45. The first-order valence-electron chi connectivity index (χ1n) is 7.71. The number of hydrogen-bond acceptors (Lipinski definition) is 3. The topological polar surface area (TPSA) is 98.7 Å². The maximum absolute atomic E-state index is 11.9. The summed E-state index contributed by atoms with van der Waals surface area (Å²) in [6.07, 6.45) is 4.49. The lowest BCUT2D eigenvalue weighted by atomic mass is 9.78. The molecule has 2 amide bonds. The van der Waals surface area contributed by atoms with Crippen LogP contribution < -0.4 is 10.6 Å². The summed E-state index contributed by atoms with van der Waals surface area (Å²) in [5.41, 5.74) is 0.134. The van der Waals surface area contributed by atoms with Gasteiger partial charge in [0.15, 0.2) is 6.04 Å². The standard InChI is InChI=1S/C15H28N2O4/c1-10(2)8-15(6-4-5-7-15)9-16-14(21)17-12(11(3)18)13(19)20/h10-12,18H,4-9H2,1-3H3,(H,19,20)(H2,16,17,21). The Labute approximate surface area is 126 Å². The quantitative estimate of drug-likeness (QED) is 0.575.